The first kappa shape index (κ1) is 20.7. The van der Waals surface area contributed by atoms with Crippen molar-refractivity contribution in [1.29, 1.82) is 0 Å². The molecule has 30 heavy (non-hydrogen) atoms. The van der Waals surface area contributed by atoms with E-state index in [0.717, 1.165) is 19.6 Å². The number of ether oxygens (including phenoxy) is 2. The Kier molecular flexibility index (Phi) is 6.28. The molecule has 0 aromatic heterocycles. The van der Waals surface area contributed by atoms with E-state index in [2.05, 4.69) is 41.3 Å². The van der Waals surface area contributed by atoms with Gasteiger partial charge >= 0.3 is 0 Å². The van der Waals surface area contributed by atoms with Gasteiger partial charge in [-0.05, 0) is 41.5 Å². The summed E-state index contributed by atoms with van der Waals surface area (Å²) in [5, 5.41) is 0. The van der Waals surface area contributed by atoms with Crippen LogP contribution < -0.4 is 15.2 Å². The minimum atomic E-state index is -0.497. The Morgan fingerprint density at radius 1 is 1.10 bits per heavy atom. The van der Waals surface area contributed by atoms with Crippen molar-refractivity contribution in [2.45, 2.75) is 44.6 Å². The van der Waals surface area contributed by atoms with Gasteiger partial charge in [-0.2, -0.15) is 0 Å². The molecular formula is C25H32N2O3. The van der Waals surface area contributed by atoms with Gasteiger partial charge in [0.05, 0.1) is 7.11 Å². The van der Waals surface area contributed by atoms with Crippen molar-refractivity contribution >= 4 is 5.91 Å². The minimum Gasteiger partial charge on any atom is -0.493 e. The number of primary amides is 1. The van der Waals surface area contributed by atoms with Crippen molar-refractivity contribution in [3.8, 4) is 11.5 Å². The summed E-state index contributed by atoms with van der Waals surface area (Å²) in [6, 6.07) is 17.0. The van der Waals surface area contributed by atoms with E-state index in [-0.39, 0.29) is 6.61 Å². The first-order valence-corrected chi connectivity index (χ1v) is 10.9. The smallest absolute Gasteiger partial charge is 0.255 e. The van der Waals surface area contributed by atoms with Crippen molar-refractivity contribution in [2.24, 2.45) is 11.1 Å². The lowest BCUT2D eigenvalue weighted by molar-refractivity contribution is -0.119. The molecule has 2 aromatic carbocycles. The van der Waals surface area contributed by atoms with E-state index in [1.54, 1.807) is 7.11 Å². The molecule has 4 rings (SSSR count). The van der Waals surface area contributed by atoms with Crippen LogP contribution in [0.3, 0.4) is 0 Å². The Hall–Kier alpha value is -2.53. The summed E-state index contributed by atoms with van der Waals surface area (Å²) in [7, 11) is 1.62. The van der Waals surface area contributed by atoms with Gasteiger partial charge in [0, 0.05) is 25.6 Å². The molecule has 1 spiro atoms. The summed E-state index contributed by atoms with van der Waals surface area (Å²) < 4.78 is 11.0. The number of rotatable bonds is 7. The zero-order chi connectivity index (χ0) is 21.0. The average molecular weight is 409 g/mol. The SMILES string of the molecule is COc1cc(CN2C[C@@H](c3ccccc3)C3(CCCCC3)C2)ccc1OCC(N)=O. The molecular weight excluding hydrogens is 376 g/mol. The van der Waals surface area contributed by atoms with Crippen molar-refractivity contribution in [3.63, 3.8) is 0 Å². The van der Waals surface area contributed by atoms with Gasteiger partial charge in [-0.1, -0.05) is 55.7 Å². The molecule has 2 aromatic rings. The van der Waals surface area contributed by atoms with E-state index in [4.69, 9.17) is 15.2 Å². The second-order valence-corrected chi connectivity index (χ2v) is 8.80. The third-order valence-electron chi connectivity index (χ3n) is 6.77. The molecule has 160 valence electrons. The topological polar surface area (TPSA) is 64.8 Å². The number of methoxy groups -OCH3 is 1. The molecule has 1 saturated carbocycles. The lowest BCUT2D eigenvalue weighted by atomic mass is 9.66. The lowest BCUT2D eigenvalue weighted by Crippen LogP contribution is -2.32. The average Bonchev–Trinajstić information content (AvgIpc) is 3.10. The largest absolute Gasteiger partial charge is 0.493 e. The number of nitrogens with zero attached hydrogens (tertiary/aromatic N) is 1. The Morgan fingerprint density at radius 2 is 1.87 bits per heavy atom. The van der Waals surface area contributed by atoms with Crippen LogP contribution in [0.4, 0.5) is 0 Å². The molecule has 1 aliphatic carbocycles. The molecule has 2 fully saturated rings. The number of likely N-dealkylation sites (tertiary alicyclic amines) is 1. The number of amides is 1. The standard InChI is InChI=1S/C25H32N2O3/c1-29-23-14-19(10-11-22(23)30-17-24(26)28)15-27-16-21(20-8-4-2-5-9-20)25(18-27)12-6-3-7-13-25/h2,4-5,8-11,14,21H,3,6-7,12-13,15-18H2,1H3,(H2,26,28)/t21-/m0/s1. The first-order valence-electron chi connectivity index (χ1n) is 10.9. The zero-order valence-electron chi connectivity index (χ0n) is 17.8. The van der Waals surface area contributed by atoms with Crippen molar-refractivity contribution in [2.75, 3.05) is 26.8 Å². The van der Waals surface area contributed by atoms with Gasteiger partial charge in [-0.3, -0.25) is 9.69 Å². The van der Waals surface area contributed by atoms with Gasteiger partial charge < -0.3 is 15.2 Å². The van der Waals surface area contributed by atoms with Gasteiger partial charge in [-0.25, -0.2) is 0 Å². The Morgan fingerprint density at radius 3 is 2.57 bits per heavy atom. The number of hydrogen-bond acceptors (Lipinski definition) is 4. The minimum absolute atomic E-state index is 0.150. The number of hydrogen-bond donors (Lipinski definition) is 1. The van der Waals surface area contributed by atoms with E-state index >= 15 is 0 Å². The second kappa shape index (κ2) is 9.09. The highest BCUT2D eigenvalue weighted by atomic mass is 16.5. The molecule has 5 heteroatoms. The fraction of sp³-hybridized carbons (Fsp3) is 0.480. The van der Waals surface area contributed by atoms with Crippen LogP contribution in [0.5, 0.6) is 11.5 Å². The van der Waals surface area contributed by atoms with Crippen LogP contribution in [0.15, 0.2) is 48.5 Å². The van der Waals surface area contributed by atoms with Gasteiger partial charge in [0.1, 0.15) is 0 Å². The van der Waals surface area contributed by atoms with Crippen LogP contribution in [0.2, 0.25) is 0 Å². The summed E-state index contributed by atoms with van der Waals surface area (Å²) in [4.78, 5) is 13.6. The van der Waals surface area contributed by atoms with Gasteiger partial charge in [-0.15, -0.1) is 0 Å². The third-order valence-corrected chi connectivity index (χ3v) is 6.77. The van der Waals surface area contributed by atoms with E-state index in [0.29, 0.717) is 22.8 Å². The Labute approximate surface area is 179 Å². The van der Waals surface area contributed by atoms with Crippen molar-refractivity contribution in [1.82, 2.24) is 4.90 Å². The molecule has 1 amide bonds. The number of nitrogens with two attached hydrogens (primary N) is 1. The maximum Gasteiger partial charge on any atom is 0.255 e. The first-order chi connectivity index (χ1) is 14.6. The van der Waals surface area contributed by atoms with Crippen LogP contribution >= 0.6 is 0 Å². The molecule has 1 atom stereocenters. The number of carbonyl (C=O) groups is 1. The van der Waals surface area contributed by atoms with Crippen LogP contribution in [-0.2, 0) is 11.3 Å². The quantitative estimate of drug-likeness (QED) is 0.749. The highest BCUT2D eigenvalue weighted by molar-refractivity contribution is 5.75. The predicted octanol–water partition coefficient (Wildman–Crippen LogP) is 4.11. The van der Waals surface area contributed by atoms with E-state index < -0.39 is 5.91 Å². The fourth-order valence-corrected chi connectivity index (χ4v) is 5.44. The van der Waals surface area contributed by atoms with E-state index in [9.17, 15) is 4.79 Å². The molecule has 2 N–H and O–H groups in total. The molecule has 0 bridgehead atoms. The summed E-state index contributed by atoms with van der Waals surface area (Å²) >= 11 is 0. The lowest BCUT2D eigenvalue weighted by Gasteiger charge is -2.38. The predicted molar refractivity (Wildman–Crippen MR) is 118 cm³/mol. The van der Waals surface area contributed by atoms with Gasteiger partial charge in [0.25, 0.3) is 5.91 Å². The zero-order valence-corrected chi connectivity index (χ0v) is 17.8. The summed E-state index contributed by atoms with van der Waals surface area (Å²) in [6.45, 7) is 2.97. The monoisotopic (exact) mass is 408 g/mol. The fourth-order valence-electron chi connectivity index (χ4n) is 5.44. The van der Waals surface area contributed by atoms with Gasteiger partial charge in [0.15, 0.2) is 18.1 Å². The van der Waals surface area contributed by atoms with Crippen molar-refractivity contribution in [3.05, 3.63) is 59.7 Å². The Balaban J connectivity index is 1.51. The van der Waals surface area contributed by atoms with Crippen LogP contribution in [0.25, 0.3) is 0 Å². The molecule has 1 aliphatic heterocycles. The maximum absolute atomic E-state index is 11.0. The normalized spacial score (nSPS) is 20.9. The van der Waals surface area contributed by atoms with Crippen LogP contribution in [0, 0.1) is 5.41 Å². The maximum atomic E-state index is 11.0. The summed E-state index contributed by atoms with van der Waals surface area (Å²) in [5.74, 6) is 1.29. The summed E-state index contributed by atoms with van der Waals surface area (Å²) in [6.07, 6.45) is 6.71. The molecule has 2 aliphatic rings. The van der Waals surface area contributed by atoms with Gasteiger partial charge in [0.2, 0.25) is 0 Å². The number of benzene rings is 2. The molecule has 0 unspecified atom stereocenters. The third kappa shape index (κ3) is 4.46. The highest BCUT2D eigenvalue weighted by Crippen LogP contribution is 2.52. The molecule has 1 saturated heterocycles. The number of carbonyl (C=O) groups excluding carboxylic acids is 1. The molecule has 0 radical (unpaired) electrons. The molecule has 1 heterocycles. The summed E-state index contributed by atoms with van der Waals surface area (Å²) in [5.41, 5.74) is 8.26. The second-order valence-electron chi connectivity index (χ2n) is 8.80. The van der Waals surface area contributed by atoms with Crippen molar-refractivity contribution < 1.29 is 14.3 Å². The molecule has 5 nitrogen and oxygen atoms in total. The van der Waals surface area contributed by atoms with Crippen LogP contribution in [0.1, 0.15) is 49.1 Å². The van der Waals surface area contributed by atoms with E-state index in [1.165, 1.54) is 43.2 Å². The van der Waals surface area contributed by atoms with E-state index in [1.807, 2.05) is 12.1 Å². The Bertz CT molecular complexity index is 862. The van der Waals surface area contributed by atoms with Crippen LogP contribution in [-0.4, -0.2) is 37.6 Å². The highest BCUT2D eigenvalue weighted by Gasteiger charge is 2.47.